The molecule has 190 valence electrons. The molecule has 4 N–H and O–H groups in total. The predicted octanol–water partition coefficient (Wildman–Crippen LogP) is 4.69. The van der Waals surface area contributed by atoms with E-state index in [2.05, 4.69) is 0 Å². The lowest BCUT2D eigenvalue weighted by molar-refractivity contribution is 0.0649. The number of hydrogen-bond acceptors (Lipinski definition) is 8. The highest BCUT2D eigenvalue weighted by Gasteiger charge is 2.31. The number of ether oxygens (including phenoxy) is 2. The van der Waals surface area contributed by atoms with Crippen molar-refractivity contribution >= 4 is 52.1 Å². The van der Waals surface area contributed by atoms with Gasteiger partial charge in [-0.15, -0.1) is 0 Å². The maximum absolute atomic E-state index is 12.6. The van der Waals surface area contributed by atoms with Crippen molar-refractivity contribution in [2.75, 3.05) is 14.2 Å². The molecule has 0 saturated heterocycles. The second-order valence-electron chi connectivity index (χ2n) is 7.55. The van der Waals surface area contributed by atoms with Crippen LogP contribution in [-0.2, 0) is 0 Å². The average molecular weight is 549 g/mol. The van der Waals surface area contributed by atoms with Gasteiger partial charge in [0.1, 0.15) is 10.0 Å². The lowest BCUT2D eigenvalue weighted by atomic mass is 9.87. The molecular formula is C24H14Cl2O11. The molecule has 0 atom stereocenters. The molecule has 0 saturated carbocycles. The number of phenolic OH excluding ortho intramolecular Hbond substituents is 1. The van der Waals surface area contributed by atoms with E-state index in [-0.39, 0.29) is 49.9 Å². The minimum Gasteiger partial charge on any atom is -0.503 e. The smallest absolute Gasteiger partial charge is 0.336 e. The number of aromatic hydroxyl groups is 1. The van der Waals surface area contributed by atoms with Crippen LogP contribution in [-0.4, -0.2) is 52.6 Å². The maximum Gasteiger partial charge on any atom is 0.336 e. The van der Waals surface area contributed by atoms with Crippen LogP contribution >= 0.6 is 23.2 Å². The van der Waals surface area contributed by atoms with Crippen LogP contribution in [0.5, 0.6) is 17.2 Å². The van der Waals surface area contributed by atoms with Crippen LogP contribution in [0, 0.1) is 0 Å². The number of hydrogen-bond donors (Lipinski definition) is 4. The first-order chi connectivity index (χ1) is 17.4. The Morgan fingerprint density at radius 2 is 1.35 bits per heavy atom. The third kappa shape index (κ3) is 3.94. The number of carbonyl (C=O) groups is 3. The molecule has 4 rings (SSSR count). The van der Waals surface area contributed by atoms with Crippen LogP contribution in [0.15, 0.2) is 33.5 Å². The first-order valence-corrected chi connectivity index (χ1v) is 10.8. The summed E-state index contributed by atoms with van der Waals surface area (Å²) in [6, 6.07) is 4.01. The Morgan fingerprint density at radius 1 is 0.784 bits per heavy atom. The number of benzene rings is 3. The molecule has 0 bridgehead atoms. The Kier molecular flexibility index (Phi) is 6.36. The minimum absolute atomic E-state index is 0.000303. The highest BCUT2D eigenvalue weighted by molar-refractivity contribution is 6.38. The van der Waals surface area contributed by atoms with Crippen LogP contribution in [0.25, 0.3) is 33.4 Å². The van der Waals surface area contributed by atoms with E-state index in [1.165, 1.54) is 26.4 Å². The Bertz CT molecular complexity index is 1690. The number of methoxy groups -OCH3 is 2. The van der Waals surface area contributed by atoms with Crippen LogP contribution < -0.4 is 14.9 Å². The molecule has 2 aliphatic rings. The second-order valence-corrected chi connectivity index (χ2v) is 8.31. The van der Waals surface area contributed by atoms with Crippen molar-refractivity contribution in [1.82, 2.24) is 0 Å². The molecule has 0 fully saturated rings. The Morgan fingerprint density at radius 3 is 1.89 bits per heavy atom. The topological polar surface area (TPSA) is 181 Å². The van der Waals surface area contributed by atoms with E-state index in [0.29, 0.717) is 6.07 Å². The van der Waals surface area contributed by atoms with Gasteiger partial charge in [0.15, 0.2) is 28.6 Å². The van der Waals surface area contributed by atoms with E-state index in [9.17, 15) is 39.6 Å². The summed E-state index contributed by atoms with van der Waals surface area (Å²) in [5.74, 6) is -6.12. The van der Waals surface area contributed by atoms with Crippen molar-refractivity contribution in [2.24, 2.45) is 0 Å². The molecule has 1 aliphatic heterocycles. The van der Waals surface area contributed by atoms with Crippen LogP contribution in [0.3, 0.4) is 0 Å². The van der Waals surface area contributed by atoms with Gasteiger partial charge in [-0.1, -0.05) is 23.2 Å². The van der Waals surface area contributed by atoms with Gasteiger partial charge in [-0.2, -0.15) is 0 Å². The van der Waals surface area contributed by atoms with Crippen molar-refractivity contribution < 1.29 is 48.7 Å². The predicted molar refractivity (Wildman–Crippen MR) is 130 cm³/mol. The molecule has 2 aromatic rings. The molecule has 0 amide bonds. The fourth-order valence-electron chi connectivity index (χ4n) is 3.94. The van der Waals surface area contributed by atoms with Crippen molar-refractivity contribution in [2.45, 2.75) is 0 Å². The van der Waals surface area contributed by atoms with Gasteiger partial charge >= 0.3 is 17.9 Å². The van der Waals surface area contributed by atoms with Crippen molar-refractivity contribution in [3.63, 3.8) is 0 Å². The summed E-state index contributed by atoms with van der Waals surface area (Å²) in [5.41, 5.74) is -3.44. The third-order valence-electron chi connectivity index (χ3n) is 5.60. The monoisotopic (exact) mass is 548 g/mol. The summed E-state index contributed by atoms with van der Waals surface area (Å²) in [7, 11) is 2.42. The summed E-state index contributed by atoms with van der Waals surface area (Å²) in [6.45, 7) is 0. The standard InChI is InChI=1S/C24H14Cl2O11/c1-35-13-5-11-15(7-3-9(23(31)32)10(24(33)34)4-8(7)22(29)30)12-6-14(36-2)19(28)17(26)21(12)37-20(11)16(25)18(13)27/h3-6,27H,1-2H3,(H,29,30)(H,31,32)(H,33,34). The van der Waals surface area contributed by atoms with Gasteiger partial charge in [0.25, 0.3) is 0 Å². The minimum atomic E-state index is -1.67. The fourth-order valence-corrected chi connectivity index (χ4v) is 4.41. The van der Waals surface area contributed by atoms with E-state index < -0.39 is 50.8 Å². The Labute approximate surface area is 215 Å². The molecule has 0 aromatic heterocycles. The number of phenols is 1. The zero-order chi connectivity index (χ0) is 27.3. The molecule has 1 aliphatic carbocycles. The van der Waals surface area contributed by atoms with Gasteiger partial charge in [0.05, 0.1) is 30.9 Å². The molecule has 1 heterocycles. The van der Waals surface area contributed by atoms with Crippen molar-refractivity contribution in [3.8, 4) is 39.7 Å². The lowest BCUT2D eigenvalue weighted by Gasteiger charge is -2.20. The summed E-state index contributed by atoms with van der Waals surface area (Å²) < 4.78 is 16.0. The van der Waals surface area contributed by atoms with Gasteiger partial charge < -0.3 is 34.3 Å². The van der Waals surface area contributed by atoms with E-state index in [1.54, 1.807) is 0 Å². The number of carboxylic acids is 3. The largest absolute Gasteiger partial charge is 0.503 e. The van der Waals surface area contributed by atoms with Gasteiger partial charge in [-0.3, -0.25) is 4.79 Å². The van der Waals surface area contributed by atoms with Gasteiger partial charge in [-0.25, -0.2) is 14.4 Å². The zero-order valence-corrected chi connectivity index (χ0v) is 20.2. The zero-order valence-electron chi connectivity index (χ0n) is 18.7. The lowest BCUT2D eigenvalue weighted by Crippen LogP contribution is -2.13. The van der Waals surface area contributed by atoms with E-state index in [4.69, 9.17) is 37.1 Å². The average Bonchev–Trinajstić information content (AvgIpc) is 2.86. The van der Waals surface area contributed by atoms with Gasteiger partial charge in [0.2, 0.25) is 5.43 Å². The highest BCUT2D eigenvalue weighted by Crippen LogP contribution is 2.50. The summed E-state index contributed by atoms with van der Waals surface area (Å²) in [4.78, 5) is 48.5. The summed E-state index contributed by atoms with van der Waals surface area (Å²) >= 11 is 12.6. The number of halogens is 2. The number of fused-ring (bicyclic) bond motifs is 2. The molecule has 37 heavy (non-hydrogen) atoms. The van der Waals surface area contributed by atoms with Crippen LogP contribution in [0.1, 0.15) is 31.1 Å². The molecule has 0 radical (unpaired) electrons. The highest BCUT2D eigenvalue weighted by atomic mass is 35.5. The fraction of sp³-hybridized carbons (Fsp3) is 0.0833. The van der Waals surface area contributed by atoms with E-state index >= 15 is 0 Å². The quantitative estimate of drug-likeness (QED) is 0.245. The Balaban J connectivity index is 2.37. The first kappa shape index (κ1) is 25.6. The molecule has 0 unspecified atom stereocenters. The van der Waals surface area contributed by atoms with E-state index in [0.717, 1.165) is 6.07 Å². The Hall–Kier alpha value is -4.48. The summed E-state index contributed by atoms with van der Waals surface area (Å²) in [6.07, 6.45) is 0. The molecule has 2 aromatic carbocycles. The van der Waals surface area contributed by atoms with Crippen LogP contribution in [0.4, 0.5) is 0 Å². The molecule has 0 spiro atoms. The molecule has 13 heteroatoms. The SMILES string of the molecule is COc1cc2c(-c3cc(C(=O)O)c(C(=O)O)cc3C(=O)O)c3cc(OC)c(=O)c(Cl)c-3oc2c(Cl)c1O. The van der Waals surface area contributed by atoms with Crippen LogP contribution in [0.2, 0.25) is 10.0 Å². The number of carboxylic acid groups (broad SMARTS) is 3. The number of aromatic carboxylic acids is 3. The second kappa shape index (κ2) is 9.19. The number of rotatable bonds is 6. The van der Waals surface area contributed by atoms with Gasteiger partial charge in [-0.05, 0) is 29.8 Å². The first-order valence-electron chi connectivity index (χ1n) is 10.0. The van der Waals surface area contributed by atoms with Crippen molar-refractivity contribution in [1.29, 1.82) is 0 Å². The van der Waals surface area contributed by atoms with Crippen molar-refractivity contribution in [3.05, 3.63) is 61.2 Å². The molecular weight excluding hydrogens is 535 g/mol. The maximum atomic E-state index is 12.6. The normalized spacial score (nSPS) is 11.0. The summed E-state index contributed by atoms with van der Waals surface area (Å²) in [5, 5.41) is 38.7. The van der Waals surface area contributed by atoms with E-state index in [1.807, 2.05) is 0 Å². The third-order valence-corrected chi connectivity index (χ3v) is 6.30. The molecule has 11 nitrogen and oxygen atoms in total. The van der Waals surface area contributed by atoms with Gasteiger partial charge in [0, 0.05) is 16.5 Å².